The lowest BCUT2D eigenvalue weighted by molar-refractivity contribution is 0.0947. The van der Waals surface area contributed by atoms with Crippen LogP contribution in [0.2, 0.25) is 5.02 Å². The molecule has 0 bridgehead atoms. The summed E-state index contributed by atoms with van der Waals surface area (Å²) >= 11 is 6.03. The molecule has 2 aromatic rings. The summed E-state index contributed by atoms with van der Waals surface area (Å²) < 4.78 is 1.59. The van der Waals surface area contributed by atoms with Crippen molar-refractivity contribution in [2.45, 2.75) is 40.3 Å². The Bertz CT molecular complexity index is 784. The van der Waals surface area contributed by atoms with Crippen molar-refractivity contribution in [1.29, 1.82) is 0 Å². The second-order valence-corrected chi connectivity index (χ2v) is 6.58. The van der Waals surface area contributed by atoms with Crippen molar-refractivity contribution >= 4 is 17.5 Å². The molecule has 2 heterocycles. The Hall–Kier alpha value is -2.14. The number of hydrogen-bond donors (Lipinski definition) is 1. The second kappa shape index (κ2) is 8.11. The number of amides is 1. The summed E-state index contributed by atoms with van der Waals surface area (Å²) in [4.78, 5) is 29.2. The smallest absolute Gasteiger partial charge is 0.263 e. The van der Waals surface area contributed by atoms with E-state index in [1.807, 2.05) is 0 Å². The molecular weight excluding hydrogens is 326 g/mol. The molecule has 0 atom stereocenters. The number of aryl methyl sites for hydroxylation is 2. The average molecular weight is 348 g/mol. The Morgan fingerprint density at radius 3 is 2.79 bits per heavy atom. The van der Waals surface area contributed by atoms with Gasteiger partial charge in [0.05, 0.1) is 17.3 Å². The van der Waals surface area contributed by atoms with Crippen LogP contribution in [0.5, 0.6) is 0 Å². The summed E-state index contributed by atoms with van der Waals surface area (Å²) in [6.45, 7) is 6.74. The highest BCUT2D eigenvalue weighted by molar-refractivity contribution is 6.31. The fraction of sp³-hybridized carbons (Fsp3) is 0.389. The number of nitrogens with zero attached hydrogens (tertiary/aromatic N) is 2. The van der Waals surface area contributed by atoms with Gasteiger partial charge in [0, 0.05) is 18.9 Å². The van der Waals surface area contributed by atoms with Crippen LogP contribution in [-0.4, -0.2) is 15.5 Å². The molecule has 0 saturated carbocycles. The Balaban J connectivity index is 2.18. The number of hydrogen-bond acceptors (Lipinski definition) is 3. The molecule has 2 rings (SSSR count). The topological polar surface area (TPSA) is 64.0 Å². The molecule has 0 aliphatic carbocycles. The minimum absolute atomic E-state index is 0.174. The molecule has 6 heteroatoms. The Labute approximate surface area is 146 Å². The van der Waals surface area contributed by atoms with Gasteiger partial charge in [-0.2, -0.15) is 0 Å². The van der Waals surface area contributed by atoms with Crippen molar-refractivity contribution < 1.29 is 4.79 Å². The van der Waals surface area contributed by atoms with Gasteiger partial charge in [-0.25, -0.2) is 0 Å². The van der Waals surface area contributed by atoms with Crippen LogP contribution in [0, 0.1) is 12.8 Å². The maximum Gasteiger partial charge on any atom is 0.263 e. The van der Waals surface area contributed by atoms with E-state index in [0.29, 0.717) is 28.7 Å². The van der Waals surface area contributed by atoms with Crippen molar-refractivity contribution in [2.24, 2.45) is 5.92 Å². The van der Waals surface area contributed by atoms with E-state index in [1.54, 1.807) is 42.1 Å². The standard InChI is InChI=1S/C18H22ClN3O2/c1-12(2)6-9-22-10-7-13(3)16(18(22)24)17(23)21-11-15-14(19)5-4-8-20-15/h4-5,7-8,10,12H,6,9,11H2,1-3H3,(H,21,23). The third-order valence-corrected chi connectivity index (χ3v) is 4.14. The molecule has 1 N–H and O–H groups in total. The van der Waals surface area contributed by atoms with Crippen molar-refractivity contribution in [1.82, 2.24) is 14.9 Å². The molecular formula is C18H22ClN3O2. The maximum atomic E-state index is 12.6. The van der Waals surface area contributed by atoms with E-state index >= 15 is 0 Å². The van der Waals surface area contributed by atoms with E-state index in [9.17, 15) is 9.59 Å². The molecule has 0 radical (unpaired) electrons. The zero-order chi connectivity index (χ0) is 17.7. The lowest BCUT2D eigenvalue weighted by Gasteiger charge is -2.12. The summed E-state index contributed by atoms with van der Waals surface area (Å²) in [7, 11) is 0. The van der Waals surface area contributed by atoms with Crippen LogP contribution in [0.4, 0.5) is 0 Å². The third kappa shape index (κ3) is 4.45. The van der Waals surface area contributed by atoms with Crippen LogP contribution in [0.3, 0.4) is 0 Å². The average Bonchev–Trinajstić information content (AvgIpc) is 2.53. The van der Waals surface area contributed by atoms with Gasteiger partial charge in [-0.1, -0.05) is 25.4 Å². The molecule has 2 aromatic heterocycles. The summed E-state index contributed by atoms with van der Waals surface area (Å²) in [5.41, 5.74) is 1.14. The van der Waals surface area contributed by atoms with Crippen LogP contribution >= 0.6 is 11.6 Å². The van der Waals surface area contributed by atoms with Gasteiger partial charge in [0.2, 0.25) is 0 Å². The monoisotopic (exact) mass is 347 g/mol. The van der Waals surface area contributed by atoms with Gasteiger partial charge in [-0.15, -0.1) is 0 Å². The predicted molar refractivity (Wildman–Crippen MR) is 95.3 cm³/mol. The zero-order valence-electron chi connectivity index (χ0n) is 14.2. The number of pyridine rings is 2. The van der Waals surface area contributed by atoms with Crippen molar-refractivity contribution in [2.75, 3.05) is 0 Å². The quantitative estimate of drug-likeness (QED) is 0.872. The Kier molecular flexibility index (Phi) is 6.15. The highest BCUT2D eigenvalue weighted by Crippen LogP contribution is 2.12. The van der Waals surface area contributed by atoms with Gasteiger partial charge in [0.15, 0.2) is 0 Å². The minimum Gasteiger partial charge on any atom is -0.346 e. The van der Waals surface area contributed by atoms with Crippen LogP contribution in [0.25, 0.3) is 0 Å². The first kappa shape index (κ1) is 18.2. The lowest BCUT2D eigenvalue weighted by atomic mass is 10.1. The summed E-state index contributed by atoms with van der Waals surface area (Å²) in [5.74, 6) is 0.0832. The van der Waals surface area contributed by atoms with E-state index in [-0.39, 0.29) is 17.7 Å². The Morgan fingerprint density at radius 2 is 2.12 bits per heavy atom. The van der Waals surface area contributed by atoms with E-state index in [0.717, 1.165) is 6.42 Å². The van der Waals surface area contributed by atoms with Gasteiger partial charge in [-0.05, 0) is 43.0 Å². The molecule has 1 amide bonds. The highest BCUT2D eigenvalue weighted by atomic mass is 35.5. The third-order valence-electron chi connectivity index (χ3n) is 3.80. The molecule has 0 aromatic carbocycles. The molecule has 128 valence electrons. The molecule has 0 fully saturated rings. The van der Waals surface area contributed by atoms with E-state index < -0.39 is 5.91 Å². The predicted octanol–water partition coefficient (Wildman–Crippen LogP) is 3.18. The summed E-state index contributed by atoms with van der Waals surface area (Å²) in [6, 6.07) is 5.23. The van der Waals surface area contributed by atoms with Gasteiger partial charge < -0.3 is 9.88 Å². The maximum absolute atomic E-state index is 12.6. The minimum atomic E-state index is -0.405. The molecule has 0 aliphatic rings. The zero-order valence-corrected chi connectivity index (χ0v) is 14.9. The molecule has 0 unspecified atom stereocenters. The van der Waals surface area contributed by atoms with Gasteiger partial charge in [-0.3, -0.25) is 14.6 Å². The second-order valence-electron chi connectivity index (χ2n) is 6.17. The normalized spacial score (nSPS) is 10.9. The number of rotatable bonds is 6. The van der Waals surface area contributed by atoms with Crippen LogP contribution in [-0.2, 0) is 13.1 Å². The van der Waals surface area contributed by atoms with Gasteiger partial charge in [0.1, 0.15) is 5.56 Å². The fourth-order valence-electron chi connectivity index (χ4n) is 2.32. The molecule has 0 aliphatic heterocycles. The van der Waals surface area contributed by atoms with Crippen LogP contribution < -0.4 is 10.9 Å². The van der Waals surface area contributed by atoms with E-state index in [2.05, 4.69) is 24.1 Å². The number of nitrogens with one attached hydrogen (secondary N) is 1. The largest absolute Gasteiger partial charge is 0.346 e. The molecule has 24 heavy (non-hydrogen) atoms. The number of carbonyl (C=O) groups excluding carboxylic acids is 1. The first-order valence-electron chi connectivity index (χ1n) is 7.97. The van der Waals surface area contributed by atoms with Crippen LogP contribution in [0.1, 0.15) is 41.9 Å². The van der Waals surface area contributed by atoms with E-state index in [1.165, 1.54) is 0 Å². The summed E-state index contributed by atoms with van der Waals surface area (Å²) in [5, 5.41) is 3.21. The first-order valence-corrected chi connectivity index (χ1v) is 8.35. The highest BCUT2D eigenvalue weighted by Gasteiger charge is 2.16. The molecule has 5 nitrogen and oxygen atoms in total. The SMILES string of the molecule is Cc1ccn(CCC(C)C)c(=O)c1C(=O)NCc1ncccc1Cl. The fourth-order valence-corrected chi connectivity index (χ4v) is 2.50. The number of halogens is 1. The lowest BCUT2D eigenvalue weighted by Crippen LogP contribution is -2.34. The molecule has 0 spiro atoms. The van der Waals surface area contributed by atoms with Crippen LogP contribution in [0.15, 0.2) is 35.4 Å². The summed E-state index contributed by atoms with van der Waals surface area (Å²) in [6.07, 6.45) is 4.24. The molecule has 0 saturated heterocycles. The van der Waals surface area contributed by atoms with Gasteiger partial charge >= 0.3 is 0 Å². The first-order chi connectivity index (χ1) is 11.4. The van der Waals surface area contributed by atoms with Crippen molar-refractivity contribution in [3.63, 3.8) is 0 Å². The number of carbonyl (C=O) groups is 1. The van der Waals surface area contributed by atoms with Crippen molar-refractivity contribution in [3.05, 3.63) is 62.8 Å². The number of aromatic nitrogens is 2. The van der Waals surface area contributed by atoms with E-state index in [4.69, 9.17) is 11.6 Å². The Morgan fingerprint density at radius 1 is 1.38 bits per heavy atom. The van der Waals surface area contributed by atoms with Crippen molar-refractivity contribution in [3.8, 4) is 0 Å². The van der Waals surface area contributed by atoms with Gasteiger partial charge in [0.25, 0.3) is 11.5 Å².